The zero-order chi connectivity index (χ0) is 13.8. The minimum atomic E-state index is -0.531. The molecule has 1 atom stereocenters. The van der Waals surface area contributed by atoms with Crippen LogP contribution >= 0.6 is 0 Å². The summed E-state index contributed by atoms with van der Waals surface area (Å²) in [5, 5.41) is 9.42. The van der Waals surface area contributed by atoms with Crippen molar-refractivity contribution in [3.63, 3.8) is 0 Å². The second kappa shape index (κ2) is 5.54. The number of hydrogen-bond acceptors (Lipinski definition) is 3. The number of aliphatic hydroxyl groups is 1. The standard InChI is InChI=1S/C15H15NO3/c1-10(17)11-6-8-12(9-7-11)19-14-5-3-2-4-13(14)15(16)18/h2-10,17H,1H3,(H2,16,18)/t10-/m0/s1. The second-order valence-electron chi connectivity index (χ2n) is 4.21. The van der Waals surface area contributed by atoms with Gasteiger partial charge in [-0.3, -0.25) is 4.79 Å². The van der Waals surface area contributed by atoms with Crippen molar-refractivity contribution in [3.8, 4) is 11.5 Å². The maximum Gasteiger partial charge on any atom is 0.252 e. The first-order valence-electron chi connectivity index (χ1n) is 5.92. The van der Waals surface area contributed by atoms with Crippen molar-refractivity contribution in [2.75, 3.05) is 0 Å². The van der Waals surface area contributed by atoms with Gasteiger partial charge in [-0.05, 0) is 36.8 Å². The molecule has 0 saturated heterocycles. The van der Waals surface area contributed by atoms with Gasteiger partial charge in [-0.2, -0.15) is 0 Å². The molecule has 4 heteroatoms. The zero-order valence-corrected chi connectivity index (χ0v) is 10.5. The van der Waals surface area contributed by atoms with E-state index in [0.29, 0.717) is 17.1 Å². The molecule has 0 aliphatic rings. The number of hydrogen-bond donors (Lipinski definition) is 2. The van der Waals surface area contributed by atoms with Crippen molar-refractivity contribution in [2.24, 2.45) is 5.73 Å². The largest absolute Gasteiger partial charge is 0.457 e. The molecule has 2 aromatic carbocycles. The fourth-order valence-corrected chi connectivity index (χ4v) is 1.70. The summed E-state index contributed by atoms with van der Waals surface area (Å²) >= 11 is 0. The molecular weight excluding hydrogens is 242 g/mol. The van der Waals surface area contributed by atoms with Crippen molar-refractivity contribution in [1.82, 2.24) is 0 Å². The maximum absolute atomic E-state index is 11.3. The Hall–Kier alpha value is -2.33. The SMILES string of the molecule is C[C@H](O)c1ccc(Oc2ccccc2C(N)=O)cc1. The van der Waals surface area contributed by atoms with Crippen LogP contribution in [0.4, 0.5) is 0 Å². The number of rotatable bonds is 4. The lowest BCUT2D eigenvalue weighted by atomic mass is 10.1. The van der Waals surface area contributed by atoms with Gasteiger partial charge in [0, 0.05) is 0 Å². The Morgan fingerprint density at radius 2 is 1.79 bits per heavy atom. The Labute approximate surface area is 111 Å². The molecule has 0 radical (unpaired) electrons. The van der Waals surface area contributed by atoms with E-state index >= 15 is 0 Å². The number of primary amides is 1. The van der Waals surface area contributed by atoms with Gasteiger partial charge in [0.15, 0.2) is 0 Å². The van der Waals surface area contributed by atoms with Gasteiger partial charge < -0.3 is 15.6 Å². The van der Waals surface area contributed by atoms with E-state index in [1.54, 1.807) is 55.5 Å². The first-order chi connectivity index (χ1) is 9.08. The van der Waals surface area contributed by atoms with Crippen molar-refractivity contribution in [3.05, 3.63) is 59.7 Å². The lowest BCUT2D eigenvalue weighted by molar-refractivity contribution is 0.0998. The average molecular weight is 257 g/mol. The number of carbonyl (C=O) groups is 1. The maximum atomic E-state index is 11.3. The monoisotopic (exact) mass is 257 g/mol. The van der Waals surface area contributed by atoms with Crippen LogP contribution < -0.4 is 10.5 Å². The van der Waals surface area contributed by atoms with Crippen molar-refractivity contribution in [2.45, 2.75) is 13.0 Å². The van der Waals surface area contributed by atoms with Crippen LogP contribution in [0.1, 0.15) is 28.9 Å². The van der Waals surface area contributed by atoms with E-state index in [9.17, 15) is 9.90 Å². The van der Waals surface area contributed by atoms with Crippen molar-refractivity contribution >= 4 is 5.91 Å². The second-order valence-corrected chi connectivity index (χ2v) is 4.21. The predicted molar refractivity (Wildman–Crippen MR) is 72.1 cm³/mol. The molecule has 0 unspecified atom stereocenters. The third kappa shape index (κ3) is 3.11. The third-order valence-electron chi connectivity index (χ3n) is 2.74. The summed E-state index contributed by atoms with van der Waals surface area (Å²) in [7, 11) is 0. The fourth-order valence-electron chi connectivity index (χ4n) is 1.70. The smallest absolute Gasteiger partial charge is 0.252 e. The number of aliphatic hydroxyl groups excluding tert-OH is 1. The summed E-state index contributed by atoms with van der Waals surface area (Å²) in [6, 6.07) is 13.8. The molecule has 1 amide bonds. The molecule has 0 saturated carbocycles. The number of para-hydroxylation sites is 1. The van der Waals surface area contributed by atoms with Gasteiger partial charge in [0.25, 0.3) is 5.91 Å². The topological polar surface area (TPSA) is 72.6 Å². The van der Waals surface area contributed by atoms with E-state index < -0.39 is 12.0 Å². The molecule has 0 aliphatic carbocycles. The molecule has 0 aliphatic heterocycles. The summed E-state index contributed by atoms with van der Waals surface area (Å²) in [4.78, 5) is 11.3. The first kappa shape index (κ1) is 13.1. The molecule has 3 N–H and O–H groups in total. The molecule has 0 fully saturated rings. The summed E-state index contributed by atoms with van der Waals surface area (Å²) in [6.07, 6.45) is -0.521. The highest BCUT2D eigenvalue weighted by Gasteiger charge is 2.09. The lowest BCUT2D eigenvalue weighted by Crippen LogP contribution is -2.11. The first-order valence-corrected chi connectivity index (χ1v) is 5.92. The fraction of sp³-hybridized carbons (Fsp3) is 0.133. The number of carbonyl (C=O) groups excluding carboxylic acids is 1. The predicted octanol–water partition coefficient (Wildman–Crippen LogP) is 2.63. The third-order valence-corrected chi connectivity index (χ3v) is 2.74. The van der Waals surface area contributed by atoms with E-state index in [1.807, 2.05) is 0 Å². The van der Waals surface area contributed by atoms with Gasteiger partial charge in [-0.15, -0.1) is 0 Å². The number of benzene rings is 2. The van der Waals surface area contributed by atoms with Gasteiger partial charge in [-0.1, -0.05) is 24.3 Å². The molecule has 0 heterocycles. The van der Waals surface area contributed by atoms with Crippen molar-refractivity contribution < 1.29 is 14.6 Å². The van der Waals surface area contributed by atoms with E-state index in [-0.39, 0.29) is 0 Å². The van der Waals surface area contributed by atoms with Crippen LogP contribution in [0.5, 0.6) is 11.5 Å². The average Bonchev–Trinajstić information content (AvgIpc) is 2.39. The Kier molecular flexibility index (Phi) is 3.82. The Morgan fingerprint density at radius 3 is 2.37 bits per heavy atom. The highest BCUT2D eigenvalue weighted by molar-refractivity contribution is 5.95. The van der Waals surface area contributed by atoms with Crippen LogP contribution in [-0.2, 0) is 0 Å². The molecule has 2 aromatic rings. The van der Waals surface area contributed by atoms with Gasteiger partial charge in [0.2, 0.25) is 0 Å². The van der Waals surface area contributed by atoms with Crippen LogP contribution in [0.2, 0.25) is 0 Å². The lowest BCUT2D eigenvalue weighted by Gasteiger charge is -2.10. The summed E-state index contributed by atoms with van der Waals surface area (Å²) in [5.41, 5.74) is 6.42. The van der Waals surface area contributed by atoms with Crippen LogP contribution in [0.3, 0.4) is 0 Å². The molecule has 4 nitrogen and oxygen atoms in total. The highest BCUT2D eigenvalue weighted by Crippen LogP contribution is 2.26. The quantitative estimate of drug-likeness (QED) is 0.884. The molecule has 98 valence electrons. The Balaban J connectivity index is 2.24. The van der Waals surface area contributed by atoms with E-state index in [0.717, 1.165) is 5.56 Å². The van der Waals surface area contributed by atoms with E-state index in [4.69, 9.17) is 10.5 Å². The zero-order valence-electron chi connectivity index (χ0n) is 10.5. The van der Waals surface area contributed by atoms with Crippen LogP contribution in [0.25, 0.3) is 0 Å². The van der Waals surface area contributed by atoms with E-state index in [2.05, 4.69) is 0 Å². The summed E-state index contributed by atoms with van der Waals surface area (Å²) in [6.45, 7) is 1.69. The number of nitrogens with two attached hydrogens (primary N) is 1. The molecule has 2 rings (SSSR count). The molecular formula is C15H15NO3. The van der Waals surface area contributed by atoms with Gasteiger partial charge in [0.1, 0.15) is 11.5 Å². The minimum Gasteiger partial charge on any atom is -0.457 e. The van der Waals surface area contributed by atoms with Crippen LogP contribution in [0, 0.1) is 0 Å². The van der Waals surface area contributed by atoms with Crippen LogP contribution in [-0.4, -0.2) is 11.0 Å². The Bertz CT molecular complexity index is 576. The molecule has 19 heavy (non-hydrogen) atoms. The van der Waals surface area contributed by atoms with Crippen molar-refractivity contribution in [1.29, 1.82) is 0 Å². The summed E-state index contributed by atoms with van der Waals surface area (Å²) in [5.74, 6) is 0.467. The highest BCUT2D eigenvalue weighted by atomic mass is 16.5. The number of amides is 1. The van der Waals surface area contributed by atoms with Gasteiger partial charge >= 0.3 is 0 Å². The summed E-state index contributed by atoms with van der Waals surface area (Å²) < 4.78 is 5.62. The minimum absolute atomic E-state index is 0.335. The van der Waals surface area contributed by atoms with Gasteiger partial charge in [-0.25, -0.2) is 0 Å². The molecule has 0 spiro atoms. The number of ether oxygens (including phenoxy) is 1. The molecule has 0 bridgehead atoms. The van der Waals surface area contributed by atoms with E-state index in [1.165, 1.54) is 0 Å². The molecule has 0 aromatic heterocycles. The normalized spacial score (nSPS) is 11.9. The Morgan fingerprint density at radius 1 is 1.16 bits per heavy atom. The van der Waals surface area contributed by atoms with Gasteiger partial charge in [0.05, 0.1) is 11.7 Å². The van der Waals surface area contributed by atoms with Crippen LogP contribution in [0.15, 0.2) is 48.5 Å².